The zero-order valence-corrected chi connectivity index (χ0v) is 15.5. The first-order valence-corrected chi connectivity index (χ1v) is 9.15. The minimum absolute atomic E-state index is 0.0973. The van der Waals surface area contributed by atoms with Crippen LogP contribution < -0.4 is 5.32 Å². The van der Waals surface area contributed by atoms with E-state index in [2.05, 4.69) is 5.32 Å². The van der Waals surface area contributed by atoms with Gasteiger partial charge in [0, 0.05) is 6.54 Å². The molecule has 1 aliphatic rings. The molecule has 0 radical (unpaired) electrons. The summed E-state index contributed by atoms with van der Waals surface area (Å²) in [6.45, 7) is 1.95. The molecular weight excluding hydrogens is 377 g/mol. The van der Waals surface area contributed by atoms with Gasteiger partial charge in [0.15, 0.2) is 6.04 Å². The number of benzene rings is 1. The van der Waals surface area contributed by atoms with Crippen LogP contribution in [0.2, 0.25) is 0 Å². The van der Waals surface area contributed by atoms with E-state index in [0.717, 1.165) is 6.42 Å². The molecule has 0 aromatic heterocycles. The number of carbonyl (C=O) groups excluding carboxylic acids is 3. The Bertz CT molecular complexity index is 694. The average molecular weight is 400 g/mol. The maximum Gasteiger partial charge on any atom is 0.471 e. The van der Waals surface area contributed by atoms with E-state index in [1.807, 2.05) is 6.92 Å². The normalized spacial score (nSPS) is 17.9. The van der Waals surface area contributed by atoms with E-state index in [1.54, 1.807) is 30.3 Å². The highest BCUT2D eigenvalue weighted by Gasteiger charge is 2.48. The van der Waals surface area contributed by atoms with Crippen LogP contribution in [0.3, 0.4) is 0 Å². The largest absolute Gasteiger partial charge is 0.471 e. The van der Waals surface area contributed by atoms with Gasteiger partial charge in [-0.25, -0.2) is 4.79 Å². The first-order chi connectivity index (χ1) is 13.3. The Labute approximate surface area is 161 Å². The number of amides is 2. The lowest BCUT2D eigenvalue weighted by molar-refractivity contribution is -0.186. The third-order valence-corrected chi connectivity index (χ3v) is 4.46. The molecular formula is C19H23F3N2O4. The molecule has 1 aromatic rings. The molecule has 28 heavy (non-hydrogen) atoms. The number of alkyl halides is 3. The van der Waals surface area contributed by atoms with Gasteiger partial charge in [-0.1, -0.05) is 43.7 Å². The number of hydrogen-bond donors (Lipinski definition) is 1. The van der Waals surface area contributed by atoms with Gasteiger partial charge in [-0.15, -0.1) is 0 Å². The summed E-state index contributed by atoms with van der Waals surface area (Å²) >= 11 is 0. The van der Waals surface area contributed by atoms with E-state index in [4.69, 9.17) is 4.74 Å². The van der Waals surface area contributed by atoms with E-state index >= 15 is 0 Å². The van der Waals surface area contributed by atoms with Gasteiger partial charge in [-0.2, -0.15) is 13.2 Å². The minimum Gasteiger partial charge on any atom is -0.464 e. The maximum absolute atomic E-state index is 12.8. The number of hydrogen-bond acceptors (Lipinski definition) is 4. The average Bonchev–Trinajstić information content (AvgIpc) is 3.15. The van der Waals surface area contributed by atoms with Crippen LogP contribution in [0.25, 0.3) is 0 Å². The Balaban J connectivity index is 2.15. The fourth-order valence-electron chi connectivity index (χ4n) is 3.01. The first-order valence-electron chi connectivity index (χ1n) is 9.15. The number of nitrogens with one attached hydrogen (secondary N) is 1. The summed E-state index contributed by atoms with van der Waals surface area (Å²) < 4.78 is 43.5. The number of likely N-dealkylation sites (tertiary alicyclic amines) is 1. The van der Waals surface area contributed by atoms with Crippen molar-refractivity contribution in [2.45, 2.75) is 50.9 Å². The van der Waals surface area contributed by atoms with Crippen LogP contribution in [0.5, 0.6) is 0 Å². The van der Waals surface area contributed by atoms with Crippen LogP contribution in [0.1, 0.15) is 44.2 Å². The molecule has 1 N–H and O–H groups in total. The molecule has 0 spiro atoms. The van der Waals surface area contributed by atoms with Crippen LogP contribution in [0.15, 0.2) is 30.3 Å². The molecule has 0 saturated carbocycles. The summed E-state index contributed by atoms with van der Waals surface area (Å²) in [6, 6.07) is 5.85. The van der Waals surface area contributed by atoms with Gasteiger partial charge < -0.3 is 15.0 Å². The van der Waals surface area contributed by atoms with Crippen molar-refractivity contribution >= 4 is 17.8 Å². The topological polar surface area (TPSA) is 75.7 Å². The van der Waals surface area contributed by atoms with E-state index in [9.17, 15) is 27.6 Å². The van der Waals surface area contributed by atoms with Crippen molar-refractivity contribution in [3.8, 4) is 0 Å². The van der Waals surface area contributed by atoms with Crippen LogP contribution in [-0.2, 0) is 19.1 Å². The number of ether oxygens (including phenoxy) is 1. The molecule has 6 nitrogen and oxygen atoms in total. The van der Waals surface area contributed by atoms with Crippen molar-refractivity contribution in [2.75, 3.05) is 13.2 Å². The lowest BCUT2D eigenvalue weighted by Gasteiger charge is -2.26. The summed E-state index contributed by atoms with van der Waals surface area (Å²) in [5, 5.41) is 2.46. The molecule has 154 valence electrons. The lowest BCUT2D eigenvalue weighted by atomic mass is 10.1. The molecule has 1 saturated heterocycles. The fourth-order valence-corrected chi connectivity index (χ4v) is 3.01. The summed E-state index contributed by atoms with van der Waals surface area (Å²) in [7, 11) is 0. The summed E-state index contributed by atoms with van der Waals surface area (Å²) in [6.07, 6.45) is -3.22. The van der Waals surface area contributed by atoms with Crippen molar-refractivity contribution in [1.29, 1.82) is 0 Å². The highest BCUT2D eigenvalue weighted by atomic mass is 19.4. The molecule has 2 atom stereocenters. The predicted octanol–water partition coefficient (Wildman–Crippen LogP) is 2.74. The number of halogens is 3. The molecule has 2 amide bonds. The van der Waals surface area contributed by atoms with Gasteiger partial charge in [0.2, 0.25) is 5.91 Å². The molecule has 1 fully saturated rings. The zero-order valence-electron chi connectivity index (χ0n) is 15.5. The highest BCUT2D eigenvalue weighted by Crippen LogP contribution is 2.26. The maximum atomic E-state index is 12.8. The summed E-state index contributed by atoms with van der Waals surface area (Å²) in [4.78, 5) is 37.2. The van der Waals surface area contributed by atoms with Crippen molar-refractivity contribution in [1.82, 2.24) is 10.2 Å². The van der Waals surface area contributed by atoms with Crippen LogP contribution in [0.4, 0.5) is 13.2 Å². The van der Waals surface area contributed by atoms with Crippen molar-refractivity contribution in [3.63, 3.8) is 0 Å². The Kier molecular flexibility index (Phi) is 7.42. The molecule has 0 aliphatic carbocycles. The standard InChI is InChI=1S/C19H23F3N2O4/c1-2-3-12-28-17(26)15(13-8-5-4-6-9-13)23-16(25)14-10-7-11-24(14)18(27)19(20,21)22/h4-6,8-9,14-15H,2-3,7,10-12H2,1H3,(H,23,25)/t14-,15-/m0/s1. The Morgan fingerprint density at radius 2 is 1.93 bits per heavy atom. The van der Waals surface area contributed by atoms with Gasteiger partial charge in [0.05, 0.1) is 6.61 Å². The monoisotopic (exact) mass is 400 g/mol. The van der Waals surface area contributed by atoms with Crippen molar-refractivity contribution in [3.05, 3.63) is 35.9 Å². The van der Waals surface area contributed by atoms with Crippen LogP contribution >= 0.6 is 0 Å². The summed E-state index contributed by atoms with van der Waals surface area (Å²) in [5.41, 5.74) is 0.448. The fraction of sp³-hybridized carbons (Fsp3) is 0.526. The van der Waals surface area contributed by atoms with Crippen LogP contribution in [0, 0.1) is 0 Å². The predicted molar refractivity (Wildman–Crippen MR) is 94.0 cm³/mol. The number of rotatable bonds is 7. The Morgan fingerprint density at radius 3 is 2.54 bits per heavy atom. The third kappa shape index (κ3) is 5.46. The highest BCUT2D eigenvalue weighted by molar-refractivity contribution is 5.92. The molecule has 1 heterocycles. The SMILES string of the molecule is CCCCOC(=O)[C@@H](NC(=O)[C@@H]1CCCN1C(=O)C(F)(F)F)c1ccccc1. The molecule has 1 aromatic carbocycles. The zero-order chi connectivity index (χ0) is 20.7. The third-order valence-electron chi connectivity index (χ3n) is 4.46. The van der Waals surface area contributed by atoms with Gasteiger partial charge in [0.1, 0.15) is 6.04 Å². The van der Waals surface area contributed by atoms with Crippen molar-refractivity contribution < 1.29 is 32.3 Å². The van der Waals surface area contributed by atoms with Crippen LogP contribution in [-0.4, -0.2) is 48.1 Å². The second-order valence-corrected chi connectivity index (χ2v) is 6.53. The Morgan fingerprint density at radius 1 is 1.25 bits per heavy atom. The number of esters is 1. The number of nitrogens with zero attached hydrogens (tertiary/aromatic N) is 1. The van der Waals surface area contributed by atoms with E-state index < -0.39 is 36.0 Å². The number of unbranched alkanes of at least 4 members (excludes halogenated alkanes) is 1. The first kappa shape index (κ1) is 21.7. The number of carbonyl (C=O) groups is 3. The molecule has 2 rings (SSSR count). The lowest BCUT2D eigenvalue weighted by Crippen LogP contribution is -2.51. The van der Waals surface area contributed by atoms with Gasteiger partial charge in [-0.3, -0.25) is 9.59 Å². The second kappa shape index (κ2) is 9.57. The molecule has 0 unspecified atom stereocenters. The van der Waals surface area contributed by atoms with E-state index in [-0.39, 0.29) is 26.0 Å². The molecule has 0 bridgehead atoms. The van der Waals surface area contributed by atoms with E-state index in [1.165, 1.54) is 0 Å². The van der Waals surface area contributed by atoms with Gasteiger partial charge in [-0.05, 0) is 24.8 Å². The second-order valence-electron chi connectivity index (χ2n) is 6.53. The van der Waals surface area contributed by atoms with Crippen molar-refractivity contribution in [2.24, 2.45) is 0 Å². The molecule has 9 heteroatoms. The quantitative estimate of drug-likeness (QED) is 0.564. The van der Waals surface area contributed by atoms with Gasteiger partial charge >= 0.3 is 18.1 Å². The Hall–Kier alpha value is -2.58. The molecule has 1 aliphatic heterocycles. The van der Waals surface area contributed by atoms with Gasteiger partial charge in [0.25, 0.3) is 0 Å². The smallest absolute Gasteiger partial charge is 0.464 e. The minimum atomic E-state index is -5.05. The van der Waals surface area contributed by atoms with E-state index in [0.29, 0.717) is 16.9 Å². The summed E-state index contributed by atoms with van der Waals surface area (Å²) in [5.74, 6) is -3.55.